The van der Waals surface area contributed by atoms with Gasteiger partial charge in [0.15, 0.2) is 11.5 Å². The molecule has 6 nitrogen and oxygen atoms in total. The van der Waals surface area contributed by atoms with Gasteiger partial charge < -0.3 is 20.1 Å². The van der Waals surface area contributed by atoms with E-state index in [-0.39, 0.29) is 28.9 Å². The maximum atomic E-state index is 12.3. The second-order valence-electron chi connectivity index (χ2n) is 6.28. The second kappa shape index (κ2) is 7.91. The number of amides is 2. The van der Waals surface area contributed by atoms with Crippen LogP contribution in [0.5, 0.6) is 11.5 Å². The lowest BCUT2D eigenvalue weighted by molar-refractivity contribution is -0.128. The van der Waals surface area contributed by atoms with E-state index in [1.165, 1.54) is 7.11 Å². The van der Waals surface area contributed by atoms with Crippen molar-refractivity contribution in [2.75, 3.05) is 13.7 Å². The summed E-state index contributed by atoms with van der Waals surface area (Å²) in [7, 11) is 1.44. The van der Waals surface area contributed by atoms with Gasteiger partial charge in [-0.05, 0) is 29.7 Å². The third-order valence-electron chi connectivity index (χ3n) is 4.45. The summed E-state index contributed by atoms with van der Waals surface area (Å²) in [6.45, 7) is 1.73. The number of benzene rings is 2. The summed E-state index contributed by atoms with van der Waals surface area (Å²) in [4.78, 5) is 25.9. The number of hydrogen-bond donors (Lipinski definition) is 2. The molecule has 0 radical (unpaired) electrons. The maximum absolute atomic E-state index is 12.3. The Morgan fingerprint density at radius 3 is 2.73 bits per heavy atom. The van der Waals surface area contributed by atoms with E-state index in [2.05, 4.69) is 5.32 Å². The molecule has 136 valence electrons. The molecule has 26 heavy (non-hydrogen) atoms. The first kappa shape index (κ1) is 17.8. The minimum absolute atomic E-state index is 0.170. The minimum atomic E-state index is -0.374. The minimum Gasteiger partial charge on any atom is -0.504 e. The summed E-state index contributed by atoms with van der Waals surface area (Å²) in [6, 6.07) is 12.6. The largest absolute Gasteiger partial charge is 0.504 e. The molecule has 2 aromatic carbocycles. The van der Waals surface area contributed by atoms with E-state index in [9.17, 15) is 14.7 Å². The number of phenols is 1. The van der Waals surface area contributed by atoms with Crippen LogP contribution in [0.4, 0.5) is 0 Å². The first-order valence-electron chi connectivity index (χ1n) is 8.58. The molecule has 0 aliphatic carbocycles. The predicted molar refractivity (Wildman–Crippen MR) is 96.9 cm³/mol. The summed E-state index contributed by atoms with van der Waals surface area (Å²) < 4.78 is 5.02. The lowest BCUT2D eigenvalue weighted by Crippen LogP contribution is -2.24. The van der Waals surface area contributed by atoms with Crippen molar-refractivity contribution in [2.24, 2.45) is 0 Å². The highest BCUT2D eigenvalue weighted by Gasteiger charge is 2.20. The first-order chi connectivity index (χ1) is 12.6. The third kappa shape index (κ3) is 3.96. The molecule has 2 N–H and O–H groups in total. The smallest absolute Gasteiger partial charge is 0.255 e. The van der Waals surface area contributed by atoms with Crippen LogP contribution in [0.15, 0.2) is 42.5 Å². The van der Waals surface area contributed by atoms with Crippen molar-refractivity contribution in [3.63, 3.8) is 0 Å². The van der Waals surface area contributed by atoms with Gasteiger partial charge in [-0.1, -0.05) is 30.3 Å². The van der Waals surface area contributed by atoms with Gasteiger partial charge in [0.05, 0.1) is 12.7 Å². The number of likely N-dealkylation sites (tertiary alicyclic amines) is 1. The van der Waals surface area contributed by atoms with E-state index in [1.54, 1.807) is 18.2 Å². The second-order valence-corrected chi connectivity index (χ2v) is 6.28. The highest BCUT2D eigenvalue weighted by Crippen LogP contribution is 2.29. The molecule has 0 unspecified atom stereocenters. The summed E-state index contributed by atoms with van der Waals surface area (Å²) in [5, 5.41) is 12.9. The van der Waals surface area contributed by atoms with Crippen molar-refractivity contribution in [3.8, 4) is 11.5 Å². The van der Waals surface area contributed by atoms with E-state index >= 15 is 0 Å². The number of aromatic hydroxyl groups is 1. The van der Waals surface area contributed by atoms with E-state index in [4.69, 9.17) is 4.74 Å². The van der Waals surface area contributed by atoms with Crippen LogP contribution in [0.1, 0.15) is 34.3 Å². The molecule has 2 aromatic rings. The predicted octanol–water partition coefficient (Wildman–Crippen LogP) is 2.45. The van der Waals surface area contributed by atoms with Gasteiger partial charge in [0.2, 0.25) is 5.91 Å². The number of nitrogens with one attached hydrogen (secondary N) is 1. The van der Waals surface area contributed by atoms with Crippen molar-refractivity contribution < 1.29 is 19.4 Å². The van der Waals surface area contributed by atoms with Crippen LogP contribution in [0.2, 0.25) is 0 Å². The van der Waals surface area contributed by atoms with Crippen molar-refractivity contribution in [1.29, 1.82) is 0 Å². The lowest BCUT2D eigenvalue weighted by atomic mass is 10.1. The van der Waals surface area contributed by atoms with Gasteiger partial charge in [0.1, 0.15) is 0 Å². The highest BCUT2D eigenvalue weighted by atomic mass is 16.5. The van der Waals surface area contributed by atoms with Gasteiger partial charge in [0.25, 0.3) is 5.91 Å². The number of ether oxygens (including phenoxy) is 1. The molecule has 6 heteroatoms. The molecule has 0 atom stereocenters. The molecule has 0 bridgehead atoms. The standard InChI is InChI=1S/C20H22N2O4/c1-26-17-8-3-7-16(19(17)24)20(25)21-12-14-5-2-6-15(11-14)13-22-10-4-9-18(22)23/h2-3,5-8,11,24H,4,9-10,12-13H2,1H3,(H,21,25). The zero-order valence-electron chi connectivity index (χ0n) is 14.7. The molecule has 1 fully saturated rings. The normalized spacial score (nSPS) is 13.7. The van der Waals surface area contributed by atoms with Crippen molar-refractivity contribution in [2.45, 2.75) is 25.9 Å². The third-order valence-corrected chi connectivity index (χ3v) is 4.45. The van der Waals surface area contributed by atoms with Crippen molar-refractivity contribution in [1.82, 2.24) is 10.2 Å². The van der Waals surface area contributed by atoms with Crippen LogP contribution in [-0.4, -0.2) is 35.5 Å². The zero-order chi connectivity index (χ0) is 18.5. The monoisotopic (exact) mass is 354 g/mol. The Morgan fingerprint density at radius 2 is 2.00 bits per heavy atom. The highest BCUT2D eigenvalue weighted by molar-refractivity contribution is 5.97. The topological polar surface area (TPSA) is 78.9 Å². The molecule has 1 saturated heterocycles. The summed E-state index contributed by atoms with van der Waals surface area (Å²) in [6.07, 6.45) is 1.54. The molecular formula is C20H22N2O4. The molecule has 1 aliphatic heterocycles. The van der Waals surface area contributed by atoms with Gasteiger partial charge in [-0.25, -0.2) is 0 Å². The average molecular weight is 354 g/mol. The van der Waals surface area contributed by atoms with Crippen LogP contribution >= 0.6 is 0 Å². The number of carbonyl (C=O) groups excluding carboxylic acids is 2. The molecule has 0 aromatic heterocycles. The lowest BCUT2D eigenvalue weighted by Gasteiger charge is -2.16. The summed E-state index contributed by atoms with van der Waals surface area (Å²) in [5.41, 5.74) is 2.14. The number of phenolic OH excluding ortho intramolecular Hbond substituents is 1. The molecule has 2 amide bonds. The van der Waals surface area contributed by atoms with E-state index < -0.39 is 0 Å². The Balaban J connectivity index is 1.63. The quantitative estimate of drug-likeness (QED) is 0.835. The Hall–Kier alpha value is -3.02. The molecule has 1 heterocycles. The van der Waals surface area contributed by atoms with Gasteiger partial charge in [-0.15, -0.1) is 0 Å². The summed E-state index contributed by atoms with van der Waals surface area (Å²) >= 11 is 0. The molecule has 1 aliphatic rings. The Kier molecular flexibility index (Phi) is 5.41. The van der Waals surface area contributed by atoms with Crippen LogP contribution in [0.25, 0.3) is 0 Å². The van der Waals surface area contributed by atoms with Gasteiger partial charge in [0, 0.05) is 26.1 Å². The van der Waals surface area contributed by atoms with Crippen LogP contribution < -0.4 is 10.1 Å². The summed E-state index contributed by atoms with van der Waals surface area (Å²) in [5.74, 6) is -0.0950. The van der Waals surface area contributed by atoms with E-state index in [1.807, 2.05) is 29.2 Å². The fourth-order valence-electron chi connectivity index (χ4n) is 3.08. The molecule has 0 spiro atoms. The van der Waals surface area contributed by atoms with Crippen molar-refractivity contribution in [3.05, 3.63) is 59.2 Å². The number of carbonyl (C=O) groups is 2. The molecule has 0 saturated carbocycles. The van der Waals surface area contributed by atoms with Gasteiger partial charge in [-0.2, -0.15) is 0 Å². The Morgan fingerprint density at radius 1 is 1.23 bits per heavy atom. The zero-order valence-corrected chi connectivity index (χ0v) is 14.7. The van der Waals surface area contributed by atoms with Crippen molar-refractivity contribution >= 4 is 11.8 Å². The van der Waals surface area contributed by atoms with E-state index in [0.29, 0.717) is 19.5 Å². The van der Waals surface area contributed by atoms with Gasteiger partial charge >= 0.3 is 0 Å². The molecule has 3 rings (SSSR count). The molecular weight excluding hydrogens is 332 g/mol. The maximum Gasteiger partial charge on any atom is 0.255 e. The van der Waals surface area contributed by atoms with Crippen LogP contribution in [-0.2, 0) is 17.9 Å². The first-order valence-corrected chi connectivity index (χ1v) is 8.58. The fraction of sp³-hybridized carbons (Fsp3) is 0.300. The average Bonchev–Trinajstić information content (AvgIpc) is 3.05. The number of para-hydroxylation sites is 1. The Bertz CT molecular complexity index is 819. The van der Waals surface area contributed by atoms with Crippen LogP contribution in [0.3, 0.4) is 0 Å². The fourth-order valence-corrected chi connectivity index (χ4v) is 3.08. The van der Waals surface area contributed by atoms with E-state index in [0.717, 1.165) is 24.1 Å². The number of nitrogens with zero attached hydrogens (tertiary/aromatic N) is 1. The number of hydrogen-bond acceptors (Lipinski definition) is 4. The number of rotatable bonds is 6. The van der Waals surface area contributed by atoms with Gasteiger partial charge in [-0.3, -0.25) is 9.59 Å². The van der Waals surface area contributed by atoms with Crippen LogP contribution in [0, 0.1) is 0 Å². The Labute approximate surface area is 152 Å². The number of methoxy groups -OCH3 is 1. The SMILES string of the molecule is COc1cccc(C(=O)NCc2cccc(CN3CCCC3=O)c2)c1O.